The number of likely N-dealkylation sites (tertiary alicyclic amines) is 1. The van der Waals surface area contributed by atoms with Crippen molar-refractivity contribution in [2.75, 3.05) is 32.9 Å². The van der Waals surface area contributed by atoms with Gasteiger partial charge in [0, 0.05) is 45.4 Å². The van der Waals surface area contributed by atoms with Crippen LogP contribution in [-0.4, -0.2) is 64.2 Å². The Morgan fingerprint density at radius 1 is 1.18 bits per heavy atom. The molecule has 2 N–H and O–H groups in total. The van der Waals surface area contributed by atoms with E-state index in [-0.39, 0.29) is 5.91 Å². The number of benzene rings is 1. The number of nitrogens with one attached hydrogen (secondary N) is 2. The predicted octanol–water partition coefficient (Wildman–Crippen LogP) is 1.59. The maximum Gasteiger partial charge on any atom is 0.224 e. The monoisotopic (exact) mass is 408 g/mol. The highest BCUT2D eigenvalue weighted by Gasteiger charge is 2.22. The molecule has 2 rings (SSSR count). The molecule has 0 aliphatic carbocycles. The normalized spacial score (nSPS) is 18.0. The van der Waals surface area contributed by atoms with Gasteiger partial charge in [0.2, 0.25) is 5.91 Å². The van der Waals surface area contributed by atoms with Gasteiger partial charge in [-0.2, -0.15) is 0 Å². The summed E-state index contributed by atoms with van der Waals surface area (Å²) in [6.45, 7) is 4.19. The molecule has 1 saturated heterocycles. The van der Waals surface area contributed by atoms with E-state index in [4.69, 9.17) is 0 Å². The number of carbonyl (C=O) groups is 1. The summed E-state index contributed by atoms with van der Waals surface area (Å²) in [5, 5.41) is 6.40. The fraction of sp³-hybridized carbons (Fsp3) is 0.600. The minimum Gasteiger partial charge on any atom is -0.356 e. The second-order valence-corrected chi connectivity index (χ2v) is 9.29. The number of hydrogen-bond donors (Lipinski definition) is 2. The highest BCUT2D eigenvalue weighted by Crippen LogP contribution is 2.17. The van der Waals surface area contributed by atoms with E-state index in [1.165, 1.54) is 12.7 Å². The van der Waals surface area contributed by atoms with Crippen LogP contribution in [-0.2, 0) is 21.1 Å². The molecule has 0 bridgehead atoms. The number of aliphatic imine (C=N–C) groups is 1. The lowest BCUT2D eigenvalue weighted by Crippen LogP contribution is -2.44. The van der Waals surface area contributed by atoms with Gasteiger partial charge in [0.15, 0.2) is 15.8 Å². The average molecular weight is 409 g/mol. The second-order valence-electron chi connectivity index (χ2n) is 7.27. The zero-order chi connectivity index (χ0) is 20.6. The Morgan fingerprint density at radius 2 is 1.86 bits per heavy atom. The lowest BCUT2D eigenvalue weighted by atomic mass is 10.0. The molecular formula is C20H32N4O3S. The Balaban J connectivity index is 1.70. The largest absolute Gasteiger partial charge is 0.356 e. The predicted molar refractivity (Wildman–Crippen MR) is 112 cm³/mol. The molecule has 1 fully saturated rings. The van der Waals surface area contributed by atoms with E-state index in [1.54, 1.807) is 19.2 Å². The van der Waals surface area contributed by atoms with Crippen LogP contribution in [0.4, 0.5) is 0 Å². The Morgan fingerprint density at radius 3 is 2.46 bits per heavy atom. The number of carbonyl (C=O) groups excluding carboxylic acids is 1. The number of amides is 1. The summed E-state index contributed by atoms with van der Waals surface area (Å²) in [6, 6.07) is 7.25. The van der Waals surface area contributed by atoms with Crippen LogP contribution in [0.1, 0.15) is 38.2 Å². The quantitative estimate of drug-likeness (QED) is 0.528. The highest BCUT2D eigenvalue weighted by atomic mass is 32.2. The first-order valence-corrected chi connectivity index (χ1v) is 11.7. The SMILES string of the molecule is CN=C(NCCC(=O)N1CCCCC1C)NCCc1ccc(S(C)(=O)=O)cc1. The van der Waals surface area contributed by atoms with E-state index >= 15 is 0 Å². The molecule has 1 unspecified atom stereocenters. The van der Waals surface area contributed by atoms with Gasteiger partial charge in [0.05, 0.1) is 4.90 Å². The van der Waals surface area contributed by atoms with Crippen LogP contribution < -0.4 is 10.6 Å². The summed E-state index contributed by atoms with van der Waals surface area (Å²) in [6.07, 6.45) is 5.80. The molecule has 8 heteroatoms. The van der Waals surface area contributed by atoms with E-state index in [9.17, 15) is 13.2 Å². The molecule has 0 aromatic heterocycles. The van der Waals surface area contributed by atoms with E-state index < -0.39 is 9.84 Å². The van der Waals surface area contributed by atoms with Gasteiger partial charge in [0.25, 0.3) is 0 Å². The number of piperidine rings is 1. The number of hydrogen-bond acceptors (Lipinski definition) is 4. The summed E-state index contributed by atoms with van der Waals surface area (Å²) in [7, 11) is -1.46. The Labute approximate surface area is 168 Å². The molecular weight excluding hydrogens is 376 g/mol. The number of nitrogens with zero attached hydrogens (tertiary/aromatic N) is 2. The van der Waals surface area contributed by atoms with Crippen molar-refractivity contribution >= 4 is 21.7 Å². The zero-order valence-corrected chi connectivity index (χ0v) is 17.9. The van der Waals surface area contributed by atoms with Crippen LogP contribution in [0.2, 0.25) is 0 Å². The third-order valence-corrected chi connectivity index (χ3v) is 6.16. The van der Waals surface area contributed by atoms with E-state index in [0.717, 1.165) is 31.4 Å². The summed E-state index contributed by atoms with van der Waals surface area (Å²) in [5.74, 6) is 0.855. The smallest absolute Gasteiger partial charge is 0.224 e. The summed E-state index contributed by atoms with van der Waals surface area (Å²) in [4.78, 5) is 18.9. The van der Waals surface area contributed by atoms with Gasteiger partial charge >= 0.3 is 0 Å². The van der Waals surface area contributed by atoms with Crippen molar-refractivity contribution in [2.45, 2.75) is 50.0 Å². The first kappa shape index (κ1) is 22.2. The fourth-order valence-electron chi connectivity index (χ4n) is 3.35. The number of guanidine groups is 1. The maximum absolute atomic E-state index is 12.4. The molecule has 0 radical (unpaired) electrons. The van der Waals surface area contributed by atoms with Gasteiger partial charge in [-0.1, -0.05) is 12.1 Å². The Kier molecular flexibility index (Phi) is 8.29. The summed E-state index contributed by atoms with van der Waals surface area (Å²) >= 11 is 0. The van der Waals surface area contributed by atoms with Crippen LogP contribution in [0, 0.1) is 0 Å². The number of sulfone groups is 1. The molecule has 1 atom stereocenters. The van der Waals surface area contributed by atoms with Crippen LogP contribution in [0.15, 0.2) is 34.2 Å². The van der Waals surface area contributed by atoms with Gasteiger partial charge < -0.3 is 15.5 Å². The maximum atomic E-state index is 12.4. The van der Waals surface area contributed by atoms with Gasteiger partial charge in [-0.25, -0.2) is 8.42 Å². The highest BCUT2D eigenvalue weighted by molar-refractivity contribution is 7.90. The lowest BCUT2D eigenvalue weighted by molar-refractivity contribution is -0.134. The molecule has 0 spiro atoms. The first-order valence-electron chi connectivity index (χ1n) is 9.84. The van der Waals surface area contributed by atoms with Crippen LogP contribution in [0.5, 0.6) is 0 Å². The van der Waals surface area contributed by atoms with Crippen molar-refractivity contribution < 1.29 is 13.2 Å². The van der Waals surface area contributed by atoms with Crippen molar-refractivity contribution in [3.8, 4) is 0 Å². The van der Waals surface area contributed by atoms with E-state index in [1.807, 2.05) is 17.0 Å². The van der Waals surface area contributed by atoms with Crippen molar-refractivity contribution in [2.24, 2.45) is 4.99 Å². The fourth-order valence-corrected chi connectivity index (χ4v) is 3.98. The van der Waals surface area contributed by atoms with Crippen molar-refractivity contribution in [3.63, 3.8) is 0 Å². The molecule has 1 aromatic rings. The molecule has 1 aromatic carbocycles. The average Bonchev–Trinajstić information content (AvgIpc) is 2.66. The molecule has 1 aliphatic rings. The Hall–Kier alpha value is -2.09. The molecule has 28 heavy (non-hydrogen) atoms. The van der Waals surface area contributed by atoms with E-state index in [2.05, 4.69) is 22.5 Å². The lowest BCUT2D eigenvalue weighted by Gasteiger charge is -2.33. The van der Waals surface area contributed by atoms with Gasteiger partial charge in [-0.15, -0.1) is 0 Å². The minimum atomic E-state index is -3.16. The number of rotatable bonds is 7. The van der Waals surface area contributed by atoms with Crippen molar-refractivity contribution in [1.82, 2.24) is 15.5 Å². The van der Waals surface area contributed by atoms with Crippen molar-refractivity contribution in [1.29, 1.82) is 0 Å². The molecule has 1 amide bonds. The van der Waals surface area contributed by atoms with Crippen LogP contribution in [0.3, 0.4) is 0 Å². The topological polar surface area (TPSA) is 90.9 Å². The molecule has 156 valence electrons. The molecule has 1 aliphatic heterocycles. The third kappa shape index (κ3) is 6.82. The van der Waals surface area contributed by atoms with Gasteiger partial charge in [0.1, 0.15) is 0 Å². The molecule has 7 nitrogen and oxygen atoms in total. The van der Waals surface area contributed by atoms with Crippen LogP contribution >= 0.6 is 0 Å². The standard InChI is InChI=1S/C20H32N4O3S/c1-16-6-4-5-15-24(16)19(25)12-14-23-20(21-2)22-13-11-17-7-9-18(10-8-17)28(3,26)27/h7-10,16H,4-6,11-15H2,1-3H3,(H2,21,22,23). The van der Waals surface area contributed by atoms with Gasteiger partial charge in [-0.3, -0.25) is 9.79 Å². The zero-order valence-electron chi connectivity index (χ0n) is 17.1. The summed E-state index contributed by atoms with van der Waals surface area (Å²) < 4.78 is 23.0. The van der Waals surface area contributed by atoms with Gasteiger partial charge in [-0.05, 0) is 50.3 Å². The first-order chi connectivity index (χ1) is 13.3. The van der Waals surface area contributed by atoms with Crippen LogP contribution in [0.25, 0.3) is 0 Å². The molecule has 1 heterocycles. The summed E-state index contributed by atoms with van der Waals surface area (Å²) in [5.41, 5.74) is 1.05. The molecule has 0 saturated carbocycles. The second kappa shape index (κ2) is 10.5. The Bertz CT molecular complexity index is 775. The van der Waals surface area contributed by atoms with E-state index in [0.29, 0.717) is 36.4 Å². The minimum absolute atomic E-state index is 0.195. The van der Waals surface area contributed by atoms with Crippen molar-refractivity contribution in [3.05, 3.63) is 29.8 Å². The third-order valence-electron chi connectivity index (χ3n) is 5.04.